The molecule has 1 amide bonds. The van der Waals surface area contributed by atoms with Crippen LogP contribution in [-0.2, 0) is 4.79 Å². The summed E-state index contributed by atoms with van der Waals surface area (Å²) in [5.41, 5.74) is 3.67. The first-order valence-corrected chi connectivity index (χ1v) is 12.9. The number of benzene rings is 1. The number of anilines is 1. The number of nitrogens with zero attached hydrogens (tertiary/aromatic N) is 3. The minimum atomic E-state index is 0.141. The summed E-state index contributed by atoms with van der Waals surface area (Å²) in [6.07, 6.45) is 6.85. The van der Waals surface area contributed by atoms with E-state index in [0.29, 0.717) is 12.1 Å². The molecule has 31 heavy (non-hydrogen) atoms. The fourth-order valence-electron chi connectivity index (χ4n) is 5.36. The van der Waals surface area contributed by atoms with Gasteiger partial charge in [-0.1, -0.05) is 23.8 Å². The van der Waals surface area contributed by atoms with E-state index < -0.39 is 0 Å². The molecule has 5 nitrogen and oxygen atoms in total. The van der Waals surface area contributed by atoms with Gasteiger partial charge in [0.05, 0.1) is 10.2 Å². The molecular formula is C25H38N4OS. The highest BCUT2D eigenvalue weighted by Gasteiger charge is 2.27. The Morgan fingerprint density at radius 3 is 2.55 bits per heavy atom. The van der Waals surface area contributed by atoms with Gasteiger partial charge in [-0.05, 0) is 77.0 Å². The average Bonchev–Trinajstić information content (AvgIpc) is 3.17. The maximum Gasteiger partial charge on any atom is 0.223 e. The fraction of sp³-hybridized carbons (Fsp3) is 0.680. The smallest absolute Gasteiger partial charge is 0.223 e. The van der Waals surface area contributed by atoms with Crippen molar-refractivity contribution in [2.45, 2.75) is 78.3 Å². The predicted octanol–water partition coefficient (Wildman–Crippen LogP) is 4.90. The third-order valence-electron chi connectivity index (χ3n) is 7.22. The molecule has 0 unspecified atom stereocenters. The van der Waals surface area contributed by atoms with Crippen LogP contribution in [0, 0.1) is 19.8 Å². The summed E-state index contributed by atoms with van der Waals surface area (Å²) >= 11 is 1.78. The van der Waals surface area contributed by atoms with Crippen LogP contribution in [0.25, 0.3) is 10.2 Å². The molecular weight excluding hydrogens is 404 g/mol. The number of aryl methyl sites for hydroxylation is 2. The van der Waals surface area contributed by atoms with Crippen molar-refractivity contribution in [1.82, 2.24) is 15.2 Å². The molecule has 0 saturated carbocycles. The number of hydrogen-bond donors (Lipinski definition) is 1. The molecule has 4 rings (SSSR count). The van der Waals surface area contributed by atoms with E-state index in [1.807, 2.05) is 0 Å². The van der Waals surface area contributed by atoms with Crippen LogP contribution in [-0.4, -0.2) is 54.1 Å². The Kier molecular flexibility index (Phi) is 7.17. The fourth-order valence-corrected chi connectivity index (χ4v) is 6.55. The molecule has 2 aliphatic heterocycles. The molecule has 1 aromatic heterocycles. The minimum Gasteiger partial charge on any atom is -0.356 e. The Hall–Kier alpha value is -1.66. The van der Waals surface area contributed by atoms with Crippen molar-refractivity contribution < 1.29 is 4.79 Å². The SMILES string of the molecule is Cc1cc(C)c2nc(N3CCC(C(=O)NCCCN4[C@H](C)CCC[C@H]4C)CC3)sc2c1. The number of aromatic nitrogens is 1. The Balaban J connectivity index is 1.22. The van der Waals surface area contributed by atoms with E-state index >= 15 is 0 Å². The summed E-state index contributed by atoms with van der Waals surface area (Å²) in [4.78, 5) is 22.6. The second kappa shape index (κ2) is 9.86. The third-order valence-corrected chi connectivity index (χ3v) is 8.29. The highest BCUT2D eigenvalue weighted by molar-refractivity contribution is 7.22. The molecule has 170 valence electrons. The van der Waals surface area contributed by atoms with E-state index in [1.165, 1.54) is 35.1 Å². The number of carbonyl (C=O) groups excluding carboxylic acids is 1. The molecule has 2 aliphatic rings. The maximum absolute atomic E-state index is 12.7. The molecule has 0 bridgehead atoms. The van der Waals surface area contributed by atoms with Gasteiger partial charge >= 0.3 is 0 Å². The summed E-state index contributed by atoms with van der Waals surface area (Å²) in [5, 5.41) is 4.32. The molecule has 0 spiro atoms. The second-order valence-electron chi connectivity index (χ2n) is 9.70. The Labute approximate surface area is 191 Å². The first kappa shape index (κ1) is 22.5. The van der Waals surface area contributed by atoms with Gasteiger partial charge in [0.1, 0.15) is 0 Å². The average molecular weight is 443 g/mol. The number of fused-ring (bicyclic) bond motifs is 1. The molecule has 0 radical (unpaired) electrons. The number of carbonyl (C=O) groups is 1. The van der Waals surface area contributed by atoms with E-state index in [0.717, 1.165) is 56.1 Å². The quantitative estimate of drug-likeness (QED) is 0.647. The molecule has 3 heterocycles. The van der Waals surface area contributed by atoms with Gasteiger partial charge in [0, 0.05) is 44.2 Å². The zero-order valence-electron chi connectivity index (χ0n) is 19.6. The van der Waals surface area contributed by atoms with Crippen LogP contribution < -0.4 is 10.2 Å². The summed E-state index contributed by atoms with van der Waals surface area (Å²) in [7, 11) is 0. The van der Waals surface area contributed by atoms with Crippen LogP contribution in [0.1, 0.15) is 63.5 Å². The van der Waals surface area contributed by atoms with Gasteiger partial charge in [-0.25, -0.2) is 4.98 Å². The van der Waals surface area contributed by atoms with Crippen LogP contribution in [0.2, 0.25) is 0 Å². The van der Waals surface area contributed by atoms with Gasteiger partial charge in [-0.15, -0.1) is 0 Å². The van der Waals surface area contributed by atoms with Crippen molar-refractivity contribution in [1.29, 1.82) is 0 Å². The highest BCUT2D eigenvalue weighted by atomic mass is 32.1. The molecule has 2 fully saturated rings. The van der Waals surface area contributed by atoms with Crippen molar-refractivity contribution in [3.63, 3.8) is 0 Å². The second-order valence-corrected chi connectivity index (χ2v) is 10.7. The lowest BCUT2D eigenvalue weighted by atomic mass is 9.96. The number of nitrogens with one attached hydrogen (secondary N) is 1. The lowest BCUT2D eigenvalue weighted by Crippen LogP contribution is -2.45. The Morgan fingerprint density at radius 1 is 1.13 bits per heavy atom. The van der Waals surface area contributed by atoms with Gasteiger partial charge in [0.2, 0.25) is 5.91 Å². The summed E-state index contributed by atoms with van der Waals surface area (Å²) in [6.45, 7) is 12.7. The van der Waals surface area contributed by atoms with Gasteiger partial charge < -0.3 is 10.2 Å². The minimum absolute atomic E-state index is 0.141. The number of amides is 1. The topological polar surface area (TPSA) is 48.5 Å². The first-order chi connectivity index (χ1) is 14.9. The molecule has 0 aliphatic carbocycles. The molecule has 1 aromatic carbocycles. The van der Waals surface area contributed by atoms with Crippen LogP contribution in [0.5, 0.6) is 0 Å². The van der Waals surface area contributed by atoms with Crippen LogP contribution >= 0.6 is 11.3 Å². The van der Waals surface area contributed by atoms with Gasteiger partial charge in [-0.2, -0.15) is 0 Å². The molecule has 2 aromatic rings. The number of likely N-dealkylation sites (tertiary alicyclic amines) is 1. The zero-order valence-corrected chi connectivity index (χ0v) is 20.4. The van der Waals surface area contributed by atoms with Crippen molar-refractivity contribution in [2.24, 2.45) is 5.92 Å². The summed E-state index contributed by atoms with van der Waals surface area (Å²) < 4.78 is 1.27. The van der Waals surface area contributed by atoms with Gasteiger partial charge in [0.15, 0.2) is 5.13 Å². The van der Waals surface area contributed by atoms with E-state index in [2.05, 4.69) is 54.9 Å². The van der Waals surface area contributed by atoms with Crippen molar-refractivity contribution in [2.75, 3.05) is 31.1 Å². The molecule has 6 heteroatoms. The van der Waals surface area contributed by atoms with Crippen LogP contribution in [0.3, 0.4) is 0 Å². The Bertz CT molecular complexity index is 892. The highest BCUT2D eigenvalue weighted by Crippen LogP contribution is 2.33. The number of rotatable bonds is 6. The Morgan fingerprint density at radius 2 is 1.84 bits per heavy atom. The standard InChI is InChI=1S/C25H38N4OS/c1-17-15-18(2)23-22(16-17)31-25(27-23)28-13-9-21(10-14-28)24(30)26-11-6-12-29-19(3)7-5-8-20(29)4/h15-16,19-21H,5-14H2,1-4H3,(H,26,30)/t19-,20-/m1/s1. The summed E-state index contributed by atoms with van der Waals surface area (Å²) in [6, 6.07) is 5.79. The number of hydrogen-bond acceptors (Lipinski definition) is 5. The van der Waals surface area contributed by atoms with E-state index in [1.54, 1.807) is 11.3 Å². The van der Waals surface area contributed by atoms with Gasteiger partial charge in [-0.3, -0.25) is 9.69 Å². The molecule has 1 N–H and O–H groups in total. The maximum atomic E-state index is 12.7. The summed E-state index contributed by atoms with van der Waals surface area (Å²) in [5.74, 6) is 0.387. The van der Waals surface area contributed by atoms with E-state index in [4.69, 9.17) is 4.98 Å². The van der Waals surface area contributed by atoms with Crippen molar-refractivity contribution in [3.05, 3.63) is 23.3 Å². The first-order valence-electron chi connectivity index (χ1n) is 12.1. The lowest BCUT2D eigenvalue weighted by molar-refractivity contribution is -0.125. The van der Waals surface area contributed by atoms with Crippen molar-refractivity contribution >= 4 is 32.6 Å². The normalized spacial score (nSPS) is 23.4. The van der Waals surface area contributed by atoms with E-state index in [-0.39, 0.29) is 11.8 Å². The largest absolute Gasteiger partial charge is 0.356 e. The lowest BCUT2D eigenvalue weighted by Gasteiger charge is -2.39. The van der Waals surface area contributed by atoms with E-state index in [9.17, 15) is 4.79 Å². The van der Waals surface area contributed by atoms with Crippen molar-refractivity contribution in [3.8, 4) is 0 Å². The predicted molar refractivity (Wildman–Crippen MR) is 131 cm³/mol. The third kappa shape index (κ3) is 5.23. The van der Waals surface area contributed by atoms with Crippen LogP contribution in [0.4, 0.5) is 5.13 Å². The van der Waals surface area contributed by atoms with Crippen LogP contribution in [0.15, 0.2) is 12.1 Å². The monoisotopic (exact) mass is 442 g/mol. The van der Waals surface area contributed by atoms with Gasteiger partial charge in [0.25, 0.3) is 0 Å². The number of piperidine rings is 2. The number of thiazole rings is 1. The molecule has 2 saturated heterocycles. The molecule has 2 atom stereocenters. The zero-order chi connectivity index (χ0) is 22.0.